The summed E-state index contributed by atoms with van der Waals surface area (Å²) in [5.41, 5.74) is 0. The molecule has 0 aromatic heterocycles. The van der Waals surface area contributed by atoms with E-state index < -0.39 is 28.0 Å². The van der Waals surface area contributed by atoms with Gasteiger partial charge in [-0.25, -0.2) is 17.5 Å². The Bertz CT molecular complexity index is 504. The molecule has 114 valence electrons. The van der Waals surface area contributed by atoms with Gasteiger partial charge in [0.05, 0.1) is 12.2 Å². The summed E-state index contributed by atoms with van der Waals surface area (Å²) in [5.74, 6) is -1.62. The Morgan fingerprint density at radius 3 is 2.40 bits per heavy atom. The van der Waals surface area contributed by atoms with Crippen molar-refractivity contribution in [3.05, 3.63) is 0 Å². The largest absolute Gasteiger partial charge is 0.480 e. The summed E-state index contributed by atoms with van der Waals surface area (Å²) in [6.07, 6.45) is 3.55. The number of hydrogen-bond acceptors (Lipinski definition) is 4. The number of nitrogens with zero attached hydrogens (tertiary/aromatic N) is 2. The molecule has 0 spiro atoms. The zero-order valence-electron chi connectivity index (χ0n) is 11.5. The maximum absolute atomic E-state index is 12.4. The van der Waals surface area contributed by atoms with Crippen molar-refractivity contribution >= 4 is 21.9 Å². The molecule has 1 amide bonds. The third-order valence-corrected chi connectivity index (χ3v) is 5.29. The van der Waals surface area contributed by atoms with Crippen molar-refractivity contribution in [2.45, 2.75) is 31.7 Å². The van der Waals surface area contributed by atoms with E-state index in [-0.39, 0.29) is 12.5 Å². The van der Waals surface area contributed by atoms with Crippen LogP contribution in [0.1, 0.15) is 25.7 Å². The molecule has 2 atom stereocenters. The van der Waals surface area contributed by atoms with Gasteiger partial charge in [0, 0.05) is 19.6 Å². The Labute approximate surface area is 118 Å². The summed E-state index contributed by atoms with van der Waals surface area (Å²) in [7, 11) is -3.30. The molecule has 0 aromatic rings. The van der Waals surface area contributed by atoms with Crippen molar-refractivity contribution < 1.29 is 23.1 Å². The monoisotopic (exact) mass is 304 g/mol. The standard InChI is InChI=1S/C12H20N2O5S/c1-20(18,19)13-6-2-4-9(8-13)11(15)14-7-3-5-10(14)12(16)17/h9-10H,2-8H2,1H3,(H,16,17)/t9?,10-/m0/s1. The zero-order valence-corrected chi connectivity index (χ0v) is 12.3. The van der Waals surface area contributed by atoms with E-state index in [2.05, 4.69) is 0 Å². The zero-order chi connectivity index (χ0) is 14.9. The van der Waals surface area contributed by atoms with Crippen LogP contribution in [-0.4, -0.2) is 66.5 Å². The van der Waals surface area contributed by atoms with E-state index in [9.17, 15) is 18.0 Å². The molecule has 0 aliphatic carbocycles. The molecule has 0 bridgehead atoms. The third-order valence-electron chi connectivity index (χ3n) is 4.02. The number of aliphatic carboxylic acids is 1. The van der Waals surface area contributed by atoms with Gasteiger partial charge in [0.15, 0.2) is 0 Å². The lowest BCUT2D eigenvalue weighted by Crippen LogP contribution is -2.49. The van der Waals surface area contributed by atoms with Crippen LogP contribution in [0.4, 0.5) is 0 Å². The lowest BCUT2D eigenvalue weighted by molar-refractivity contribution is -0.150. The first-order chi connectivity index (χ1) is 9.30. The van der Waals surface area contributed by atoms with Gasteiger partial charge in [-0.05, 0) is 25.7 Å². The first-order valence-corrected chi connectivity index (χ1v) is 8.64. The molecule has 20 heavy (non-hydrogen) atoms. The molecular weight excluding hydrogens is 284 g/mol. The smallest absolute Gasteiger partial charge is 0.326 e. The summed E-state index contributed by atoms with van der Waals surface area (Å²) in [6.45, 7) is 1.05. The normalized spacial score (nSPS) is 28.6. The van der Waals surface area contributed by atoms with Crippen LogP contribution in [-0.2, 0) is 19.6 Å². The number of carbonyl (C=O) groups is 2. The van der Waals surface area contributed by atoms with Gasteiger partial charge in [0.25, 0.3) is 0 Å². The molecule has 1 N–H and O–H groups in total. The molecular formula is C12H20N2O5S. The number of carboxylic acids is 1. The molecule has 8 heteroatoms. The maximum Gasteiger partial charge on any atom is 0.326 e. The average Bonchev–Trinajstić information content (AvgIpc) is 2.86. The van der Waals surface area contributed by atoms with Crippen LogP contribution in [0.15, 0.2) is 0 Å². The van der Waals surface area contributed by atoms with E-state index in [0.29, 0.717) is 38.8 Å². The summed E-state index contributed by atoms with van der Waals surface area (Å²) in [4.78, 5) is 25.0. The molecule has 1 unspecified atom stereocenters. The molecule has 2 saturated heterocycles. The van der Waals surface area contributed by atoms with Crippen LogP contribution in [0.3, 0.4) is 0 Å². The molecule has 7 nitrogen and oxygen atoms in total. The number of carboxylic acid groups (broad SMARTS) is 1. The predicted octanol–water partition coefficient (Wildman–Crippen LogP) is -0.266. The van der Waals surface area contributed by atoms with E-state index in [4.69, 9.17) is 5.11 Å². The van der Waals surface area contributed by atoms with Gasteiger partial charge >= 0.3 is 5.97 Å². The molecule has 2 heterocycles. The molecule has 0 radical (unpaired) electrons. The van der Waals surface area contributed by atoms with E-state index in [0.717, 1.165) is 6.26 Å². The lowest BCUT2D eigenvalue weighted by Gasteiger charge is -2.33. The minimum Gasteiger partial charge on any atom is -0.480 e. The number of piperidine rings is 1. The van der Waals surface area contributed by atoms with E-state index in [1.54, 1.807) is 0 Å². The summed E-state index contributed by atoms with van der Waals surface area (Å²) in [6, 6.07) is -0.754. The van der Waals surface area contributed by atoms with E-state index in [1.807, 2.05) is 0 Å². The van der Waals surface area contributed by atoms with Gasteiger partial charge in [0.2, 0.25) is 15.9 Å². The van der Waals surface area contributed by atoms with E-state index >= 15 is 0 Å². The summed E-state index contributed by atoms with van der Waals surface area (Å²) < 4.78 is 24.4. The van der Waals surface area contributed by atoms with Gasteiger partial charge in [0.1, 0.15) is 6.04 Å². The number of carbonyl (C=O) groups excluding carboxylic acids is 1. The highest BCUT2D eigenvalue weighted by Gasteiger charge is 2.39. The fourth-order valence-electron chi connectivity index (χ4n) is 2.97. The number of hydrogen-bond donors (Lipinski definition) is 1. The number of amides is 1. The van der Waals surface area contributed by atoms with Crippen molar-refractivity contribution in [2.75, 3.05) is 25.9 Å². The van der Waals surface area contributed by atoms with E-state index in [1.165, 1.54) is 9.21 Å². The average molecular weight is 304 g/mol. The van der Waals surface area contributed by atoms with Crippen molar-refractivity contribution in [1.82, 2.24) is 9.21 Å². The quantitative estimate of drug-likeness (QED) is 0.774. The molecule has 0 saturated carbocycles. The van der Waals surface area contributed by atoms with Crippen LogP contribution < -0.4 is 0 Å². The Morgan fingerprint density at radius 1 is 1.15 bits per heavy atom. The second-order valence-electron chi connectivity index (χ2n) is 5.49. The second-order valence-corrected chi connectivity index (χ2v) is 7.47. The van der Waals surface area contributed by atoms with Gasteiger partial charge in [-0.15, -0.1) is 0 Å². The summed E-state index contributed by atoms with van der Waals surface area (Å²) in [5, 5.41) is 9.11. The van der Waals surface area contributed by atoms with Crippen molar-refractivity contribution in [1.29, 1.82) is 0 Å². The fourth-order valence-corrected chi connectivity index (χ4v) is 3.88. The van der Waals surface area contributed by atoms with Crippen LogP contribution in [0.2, 0.25) is 0 Å². The second kappa shape index (κ2) is 5.69. The number of likely N-dealkylation sites (tertiary alicyclic amines) is 1. The van der Waals surface area contributed by atoms with Gasteiger partial charge in [-0.3, -0.25) is 4.79 Å². The summed E-state index contributed by atoms with van der Waals surface area (Å²) >= 11 is 0. The van der Waals surface area contributed by atoms with Crippen molar-refractivity contribution in [3.8, 4) is 0 Å². The minimum atomic E-state index is -3.30. The van der Waals surface area contributed by atoms with Gasteiger partial charge in [-0.1, -0.05) is 0 Å². The molecule has 2 rings (SSSR count). The third kappa shape index (κ3) is 3.12. The van der Waals surface area contributed by atoms with Crippen LogP contribution in [0, 0.1) is 5.92 Å². The van der Waals surface area contributed by atoms with Crippen LogP contribution in [0.5, 0.6) is 0 Å². The SMILES string of the molecule is CS(=O)(=O)N1CCCC(C(=O)N2CCC[C@H]2C(=O)O)C1. The lowest BCUT2D eigenvalue weighted by atomic mass is 9.97. The van der Waals surface area contributed by atoms with Crippen LogP contribution >= 0.6 is 0 Å². The Balaban J connectivity index is 2.07. The molecule has 2 fully saturated rings. The van der Waals surface area contributed by atoms with Crippen molar-refractivity contribution in [2.24, 2.45) is 5.92 Å². The first kappa shape index (κ1) is 15.2. The van der Waals surface area contributed by atoms with Gasteiger partial charge < -0.3 is 10.0 Å². The Hall–Kier alpha value is -1.15. The molecule has 2 aliphatic rings. The topological polar surface area (TPSA) is 95.0 Å². The molecule has 2 aliphatic heterocycles. The van der Waals surface area contributed by atoms with Crippen LogP contribution in [0.25, 0.3) is 0 Å². The number of sulfonamides is 1. The Kier molecular flexibility index (Phi) is 4.33. The molecule has 0 aromatic carbocycles. The number of rotatable bonds is 3. The fraction of sp³-hybridized carbons (Fsp3) is 0.833. The maximum atomic E-state index is 12.4. The Morgan fingerprint density at radius 2 is 1.80 bits per heavy atom. The first-order valence-electron chi connectivity index (χ1n) is 6.79. The highest BCUT2D eigenvalue weighted by molar-refractivity contribution is 7.88. The predicted molar refractivity (Wildman–Crippen MR) is 71.5 cm³/mol. The highest BCUT2D eigenvalue weighted by Crippen LogP contribution is 2.25. The van der Waals surface area contributed by atoms with Crippen molar-refractivity contribution in [3.63, 3.8) is 0 Å². The highest BCUT2D eigenvalue weighted by atomic mass is 32.2. The minimum absolute atomic E-state index is 0.167. The van der Waals surface area contributed by atoms with Gasteiger partial charge in [-0.2, -0.15) is 0 Å².